The second-order valence-electron chi connectivity index (χ2n) is 13.6. The molecule has 52 heavy (non-hydrogen) atoms. The molecule has 2 atom stereocenters. The summed E-state index contributed by atoms with van der Waals surface area (Å²) in [6.45, 7) is 6.10. The maximum atomic E-state index is 15.0. The first kappa shape index (κ1) is 32.4. The Kier molecular flexibility index (Phi) is 8.47. The number of carbonyl (C=O) groups is 1. The zero-order valence-corrected chi connectivity index (χ0v) is 28.5. The molecule has 266 valence electrons. The van der Waals surface area contributed by atoms with Gasteiger partial charge in [0.1, 0.15) is 34.8 Å². The first-order valence-electron chi connectivity index (χ1n) is 17.8. The van der Waals surface area contributed by atoms with Gasteiger partial charge in [-0.25, -0.2) is 28.7 Å². The zero-order chi connectivity index (χ0) is 35.2. The summed E-state index contributed by atoms with van der Waals surface area (Å²) in [5, 5.41) is 3.64. The Hall–Kier alpha value is -5.47. The molecule has 9 rings (SSSR count). The standard InChI is InChI=1S/C38H38F2N10O2/c39-25-8-9-27(29(40)20-25)36-42-22-33-37(41-10-13-49(33)36)50-23-26-21-32(50)38(51)47(15-14-46-16-18-52-19-17-46)11-3-12-48-24-43-31-6-1-4-28(35(31)48)30-5-2-7-34(44-26)45-30/h1-2,4-10,13,20,22,24,26,32H,3,11-12,14-19,21,23H2,(H,44,45)/t26-,32-/m0/s1. The molecule has 1 amide bonds. The summed E-state index contributed by atoms with van der Waals surface area (Å²) in [5.41, 5.74) is 4.57. The molecular weight excluding hydrogens is 666 g/mol. The number of fused-ring (bicyclic) bond motifs is 6. The number of ether oxygens (including phenoxy) is 1. The van der Waals surface area contributed by atoms with Gasteiger partial charge in [-0.1, -0.05) is 18.2 Å². The molecule has 2 fully saturated rings. The van der Waals surface area contributed by atoms with Crippen molar-refractivity contribution in [3.05, 3.63) is 91.1 Å². The van der Waals surface area contributed by atoms with Crippen molar-refractivity contribution in [2.45, 2.75) is 31.5 Å². The third-order valence-electron chi connectivity index (χ3n) is 10.4. The molecule has 0 unspecified atom stereocenters. The van der Waals surface area contributed by atoms with E-state index in [-0.39, 0.29) is 17.5 Å². The second kappa shape index (κ2) is 13.6. The van der Waals surface area contributed by atoms with E-state index in [1.54, 1.807) is 23.0 Å². The molecule has 7 heterocycles. The Morgan fingerprint density at radius 1 is 0.923 bits per heavy atom. The Balaban J connectivity index is 1.11. The number of benzene rings is 2. The van der Waals surface area contributed by atoms with E-state index in [2.05, 4.69) is 25.8 Å². The molecular formula is C38H38F2N10O2. The minimum absolute atomic E-state index is 0.0263. The van der Waals surface area contributed by atoms with E-state index >= 15 is 0 Å². The normalized spacial score (nSPS) is 19.9. The molecule has 6 aromatic rings. The van der Waals surface area contributed by atoms with Gasteiger partial charge in [-0.15, -0.1) is 0 Å². The first-order chi connectivity index (χ1) is 25.5. The van der Waals surface area contributed by atoms with Crippen LogP contribution in [0.5, 0.6) is 0 Å². The highest BCUT2D eigenvalue weighted by Gasteiger charge is 2.41. The number of morpholine rings is 1. The highest BCUT2D eigenvalue weighted by Crippen LogP contribution is 2.34. The lowest BCUT2D eigenvalue weighted by atomic mass is 10.1. The van der Waals surface area contributed by atoms with Crippen molar-refractivity contribution >= 4 is 34.1 Å². The summed E-state index contributed by atoms with van der Waals surface area (Å²) in [7, 11) is 0. The van der Waals surface area contributed by atoms with E-state index in [0.29, 0.717) is 68.8 Å². The van der Waals surface area contributed by atoms with E-state index in [9.17, 15) is 13.6 Å². The second-order valence-corrected chi connectivity index (χ2v) is 13.6. The van der Waals surface area contributed by atoms with E-state index < -0.39 is 17.7 Å². The van der Waals surface area contributed by atoms with E-state index in [1.807, 2.05) is 46.5 Å². The van der Waals surface area contributed by atoms with Crippen LogP contribution < -0.4 is 10.2 Å². The molecule has 3 aliphatic heterocycles. The number of pyridine rings is 1. The fraction of sp³-hybridized carbons (Fsp3) is 0.342. The SMILES string of the molecule is O=C1[C@@H]2C[C@@H](CN2c2nccn3c(-c4ccc(F)cc4F)ncc23)Nc2cccc(n2)-c2cccc3ncn(c23)CCCN1CCN1CCOCC1. The Morgan fingerprint density at radius 2 is 1.81 bits per heavy atom. The summed E-state index contributed by atoms with van der Waals surface area (Å²) in [6, 6.07) is 14.9. The van der Waals surface area contributed by atoms with Gasteiger partial charge in [0.2, 0.25) is 5.91 Å². The van der Waals surface area contributed by atoms with Crippen LogP contribution in [0.1, 0.15) is 12.8 Å². The number of carbonyl (C=O) groups excluding carboxylic acids is 1. The molecule has 4 bridgehead atoms. The molecule has 14 heteroatoms. The van der Waals surface area contributed by atoms with Gasteiger partial charge in [-0.3, -0.25) is 14.1 Å². The summed E-state index contributed by atoms with van der Waals surface area (Å²) < 4.78 is 38.2. The molecule has 2 aromatic carbocycles. The number of rotatable bonds is 5. The molecule has 2 saturated heterocycles. The average molecular weight is 705 g/mol. The van der Waals surface area contributed by atoms with E-state index in [0.717, 1.165) is 54.4 Å². The molecule has 4 aromatic heterocycles. The smallest absolute Gasteiger partial charge is 0.245 e. The zero-order valence-electron chi connectivity index (χ0n) is 28.5. The summed E-state index contributed by atoms with van der Waals surface area (Å²) in [6.07, 6.45) is 8.11. The Labute approximate surface area is 298 Å². The predicted molar refractivity (Wildman–Crippen MR) is 193 cm³/mol. The number of hydrogen-bond donors (Lipinski definition) is 1. The third kappa shape index (κ3) is 6.01. The fourth-order valence-electron chi connectivity index (χ4n) is 7.85. The minimum Gasteiger partial charge on any atom is -0.379 e. The maximum Gasteiger partial charge on any atom is 0.245 e. The summed E-state index contributed by atoms with van der Waals surface area (Å²) in [5.74, 6) is 0.262. The van der Waals surface area contributed by atoms with Crippen molar-refractivity contribution in [3.63, 3.8) is 0 Å². The number of imidazole rings is 2. The van der Waals surface area contributed by atoms with Gasteiger partial charge in [-0.2, -0.15) is 0 Å². The van der Waals surface area contributed by atoms with Crippen molar-refractivity contribution < 1.29 is 18.3 Å². The largest absolute Gasteiger partial charge is 0.379 e. The van der Waals surface area contributed by atoms with Crippen molar-refractivity contribution in [1.82, 2.24) is 38.7 Å². The number of anilines is 2. The Morgan fingerprint density at radius 3 is 2.69 bits per heavy atom. The topological polar surface area (TPSA) is 109 Å². The van der Waals surface area contributed by atoms with Gasteiger partial charge in [-0.05, 0) is 43.2 Å². The van der Waals surface area contributed by atoms with E-state index in [1.165, 1.54) is 12.1 Å². The molecule has 0 aliphatic carbocycles. The molecule has 3 aliphatic rings. The lowest BCUT2D eigenvalue weighted by Gasteiger charge is -2.33. The van der Waals surface area contributed by atoms with Crippen LogP contribution in [0.25, 0.3) is 39.2 Å². The van der Waals surface area contributed by atoms with Gasteiger partial charge in [0, 0.05) is 75.9 Å². The molecule has 0 spiro atoms. The van der Waals surface area contributed by atoms with Crippen molar-refractivity contribution in [1.29, 1.82) is 0 Å². The van der Waals surface area contributed by atoms with Gasteiger partial charge in [0.15, 0.2) is 5.82 Å². The molecule has 0 saturated carbocycles. The van der Waals surface area contributed by atoms with Gasteiger partial charge in [0.25, 0.3) is 0 Å². The number of aromatic nitrogens is 6. The molecule has 12 nitrogen and oxygen atoms in total. The van der Waals surface area contributed by atoms with Crippen LogP contribution in [0.3, 0.4) is 0 Å². The number of amides is 1. The van der Waals surface area contributed by atoms with Crippen LogP contribution in [-0.2, 0) is 16.1 Å². The minimum atomic E-state index is -0.706. The highest BCUT2D eigenvalue weighted by molar-refractivity contribution is 5.92. The number of halogens is 2. The van der Waals surface area contributed by atoms with Gasteiger partial charge < -0.3 is 24.4 Å². The van der Waals surface area contributed by atoms with Crippen LogP contribution in [-0.4, -0.2) is 109 Å². The van der Waals surface area contributed by atoms with Crippen LogP contribution in [0, 0.1) is 11.6 Å². The van der Waals surface area contributed by atoms with Gasteiger partial charge in [0.05, 0.1) is 48.0 Å². The lowest BCUT2D eigenvalue weighted by molar-refractivity contribution is -0.133. The first-order valence-corrected chi connectivity index (χ1v) is 17.8. The number of aryl methyl sites for hydroxylation is 1. The fourth-order valence-corrected chi connectivity index (χ4v) is 7.85. The number of hydrogen-bond acceptors (Lipinski definition) is 9. The van der Waals surface area contributed by atoms with E-state index in [4.69, 9.17) is 19.7 Å². The highest BCUT2D eigenvalue weighted by atomic mass is 19.1. The Bertz CT molecular complexity index is 2270. The predicted octanol–water partition coefficient (Wildman–Crippen LogP) is 4.71. The molecule has 1 N–H and O–H groups in total. The average Bonchev–Trinajstić information content (AvgIpc) is 3.90. The monoisotopic (exact) mass is 704 g/mol. The number of para-hydroxylation sites is 1. The number of nitrogens with one attached hydrogen (secondary N) is 1. The maximum absolute atomic E-state index is 15.0. The summed E-state index contributed by atoms with van der Waals surface area (Å²) in [4.78, 5) is 40.4. The quantitative estimate of drug-likeness (QED) is 0.273. The van der Waals surface area contributed by atoms with Crippen molar-refractivity contribution in [3.8, 4) is 22.6 Å². The lowest BCUT2D eigenvalue weighted by Crippen LogP contribution is -2.49. The van der Waals surface area contributed by atoms with Crippen molar-refractivity contribution in [2.75, 3.05) is 62.7 Å². The number of nitrogens with zero attached hydrogens (tertiary/aromatic N) is 9. The van der Waals surface area contributed by atoms with Crippen LogP contribution in [0.2, 0.25) is 0 Å². The molecule has 0 radical (unpaired) electrons. The van der Waals surface area contributed by atoms with Gasteiger partial charge >= 0.3 is 0 Å². The van der Waals surface area contributed by atoms with Crippen molar-refractivity contribution in [2.24, 2.45) is 0 Å². The van der Waals surface area contributed by atoms with Crippen LogP contribution in [0.15, 0.2) is 79.5 Å². The van der Waals surface area contributed by atoms with Crippen LogP contribution >= 0.6 is 0 Å². The third-order valence-corrected chi connectivity index (χ3v) is 10.4. The van der Waals surface area contributed by atoms with Crippen LogP contribution in [0.4, 0.5) is 20.4 Å². The summed E-state index contributed by atoms with van der Waals surface area (Å²) >= 11 is 0.